The molecule has 0 saturated carbocycles. The van der Waals surface area contributed by atoms with Crippen LogP contribution in [-0.4, -0.2) is 69.5 Å². The topological polar surface area (TPSA) is 63.3 Å². The minimum atomic E-state index is -0.0127. The molecular weight excluding hydrogens is 370 g/mol. The van der Waals surface area contributed by atoms with Crippen LogP contribution in [0.5, 0.6) is 11.5 Å². The Morgan fingerprint density at radius 1 is 1.10 bits per heavy atom. The lowest BCUT2D eigenvalue weighted by Gasteiger charge is -2.33. The fourth-order valence-corrected chi connectivity index (χ4v) is 4.01. The number of hydrogen-bond donors (Lipinski definition) is 1. The van der Waals surface area contributed by atoms with Crippen molar-refractivity contribution < 1.29 is 19.0 Å². The van der Waals surface area contributed by atoms with Crippen molar-refractivity contribution in [1.82, 2.24) is 4.90 Å². The Hall–Kier alpha value is -1.99. The Morgan fingerprint density at radius 3 is 2.52 bits per heavy atom. The van der Waals surface area contributed by atoms with Crippen molar-refractivity contribution in [1.29, 1.82) is 0 Å². The van der Waals surface area contributed by atoms with Crippen LogP contribution in [-0.2, 0) is 9.53 Å². The molecule has 3 rings (SSSR count). The fraction of sp³-hybridized carbons (Fsp3) is 0.682. The molecule has 1 amide bonds. The first-order valence-corrected chi connectivity index (χ1v) is 10.9. The molecule has 1 aromatic carbocycles. The van der Waals surface area contributed by atoms with Gasteiger partial charge in [0.1, 0.15) is 11.5 Å². The fourth-order valence-electron chi connectivity index (χ4n) is 4.01. The third-order valence-electron chi connectivity index (χ3n) is 5.57. The highest BCUT2D eigenvalue weighted by molar-refractivity contribution is 5.94. The zero-order chi connectivity index (χ0) is 20.6. The van der Waals surface area contributed by atoms with Crippen LogP contribution in [0.3, 0.4) is 0 Å². The maximum Gasteiger partial charge on any atom is 0.238 e. The van der Waals surface area contributed by atoms with E-state index in [9.17, 15) is 4.79 Å². The molecule has 2 aliphatic rings. The number of carbonyl (C=O) groups excluding carboxylic acids is 1. The number of likely N-dealkylation sites (tertiary alicyclic amines) is 1. The maximum absolute atomic E-state index is 12.8. The molecule has 162 valence electrons. The highest BCUT2D eigenvalue weighted by Crippen LogP contribution is 2.39. The van der Waals surface area contributed by atoms with E-state index < -0.39 is 0 Å². The van der Waals surface area contributed by atoms with Crippen LogP contribution in [0.25, 0.3) is 0 Å². The van der Waals surface area contributed by atoms with Gasteiger partial charge < -0.3 is 24.4 Å². The summed E-state index contributed by atoms with van der Waals surface area (Å²) < 4.78 is 17.3. The number of morpholine rings is 1. The van der Waals surface area contributed by atoms with E-state index in [2.05, 4.69) is 22.0 Å². The largest absolute Gasteiger partial charge is 0.492 e. The molecule has 29 heavy (non-hydrogen) atoms. The molecule has 0 unspecified atom stereocenters. The Balaban J connectivity index is 1.80. The minimum absolute atomic E-state index is 0.0127. The molecule has 1 N–H and O–H groups in total. The second-order valence-corrected chi connectivity index (χ2v) is 7.64. The van der Waals surface area contributed by atoms with E-state index in [1.165, 1.54) is 6.42 Å². The van der Waals surface area contributed by atoms with Gasteiger partial charge in [-0.25, -0.2) is 0 Å². The van der Waals surface area contributed by atoms with Crippen molar-refractivity contribution in [2.75, 3.05) is 62.8 Å². The number of anilines is 2. The SMILES string of the molecule is CCOc1cc(N2CCOCC2)c(OCC)cc1NC(=O)CN1CCCC[C@@H]1C. The Morgan fingerprint density at radius 2 is 1.83 bits per heavy atom. The van der Waals surface area contributed by atoms with Gasteiger partial charge in [0.25, 0.3) is 0 Å². The van der Waals surface area contributed by atoms with Gasteiger partial charge in [-0.05, 0) is 40.2 Å². The molecule has 2 aliphatic heterocycles. The lowest BCUT2D eigenvalue weighted by Crippen LogP contribution is -2.42. The van der Waals surface area contributed by atoms with Crippen LogP contribution >= 0.6 is 0 Å². The van der Waals surface area contributed by atoms with Crippen LogP contribution < -0.4 is 19.7 Å². The summed E-state index contributed by atoms with van der Waals surface area (Å²) >= 11 is 0. The van der Waals surface area contributed by atoms with Gasteiger partial charge in [0.2, 0.25) is 5.91 Å². The zero-order valence-electron chi connectivity index (χ0n) is 18.0. The summed E-state index contributed by atoms with van der Waals surface area (Å²) in [6.45, 7) is 11.6. The summed E-state index contributed by atoms with van der Waals surface area (Å²) in [5.41, 5.74) is 1.66. The number of hydrogen-bond acceptors (Lipinski definition) is 6. The smallest absolute Gasteiger partial charge is 0.238 e. The molecule has 7 nitrogen and oxygen atoms in total. The first-order valence-electron chi connectivity index (χ1n) is 10.9. The van der Waals surface area contributed by atoms with Gasteiger partial charge in [0.15, 0.2) is 0 Å². The number of ether oxygens (including phenoxy) is 3. The van der Waals surface area contributed by atoms with E-state index in [1.807, 2.05) is 26.0 Å². The third kappa shape index (κ3) is 5.76. The van der Waals surface area contributed by atoms with Crippen molar-refractivity contribution in [3.8, 4) is 11.5 Å². The molecular formula is C22H35N3O4. The third-order valence-corrected chi connectivity index (χ3v) is 5.57. The molecule has 0 spiro atoms. The molecule has 2 fully saturated rings. The van der Waals surface area contributed by atoms with E-state index >= 15 is 0 Å². The zero-order valence-corrected chi connectivity index (χ0v) is 18.0. The van der Waals surface area contributed by atoms with Crippen LogP contribution in [0, 0.1) is 0 Å². The summed E-state index contributed by atoms with van der Waals surface area (Å²) in [6.07, 6.45) is 3.55. The Bertz CT molecular complexity index is 676. The molecule has 0 bridgehead atoms. The number of piperidine rings is 1. The highest BCUT2D eigenvalue weighted by Gasteiger charge is 2.23. The van der Waals surface area contributed by atoms with E-state index in [-0.39, 0.29) is 5.91 Å². The van der Waals surface area contributed by atoms with Crippen molar-refractivity contribution in [3.63, 3.8) is 0 Å². The van der Waals surface area contributed by atoms with Crippen molar-refractivity contribution in [3.05, 3.63) is 12.1 Å². The Labute approximate surface area is 174 Å². The number of amides is 1. The maximum atomic E-state index is 12.8. The normalized spacial score (nSPS) is 20.4. The molecule has 2 saturated heterocycles. The van der Waals surface area contributed by atoms with E-state index in [0.717, 1.165) is 43.9 Å². The summed E-state index contributed by atoms with van der Waals surface area (Å²) in [5, 5.41) is 3.06. The average Bonchev–Trinajstić information content (AvgIpc) is 2.72. The molecule has 7 heteroatoms. The number of rotatable bonds is 8. The predicted octanol–water partition coefficient (Wildman–Crippen LogP) is 3.13. The number of nitrogens with zero attached hydrogens (tertiary/aromatic N) is 2. The van der Waals surface area contributed by atoms with Gasteiger partial charge in [0, 0.05) is 31.3 Å². The second kappa shape index (κ2) is 10.7. The first-order chi connectivity index (χ1) is 14.1. The van der Waals surface area contributed by atoms with E-state index in [4.69, 9.17) is 14.2 Å². The van der Waals surface area contributed by atoms with Gasteiger partial charge in [-0.15, -0.1) is 0 Å². The lowest BCUT2D eigenvalue weighted by molar-refractivity contribution is -0.118. The summed E-state index contributed by atoms with van der Waals surface area (Å²) in [6, 6.07) is 4.33. The highest BCUT2D eigenvalue weighted by atomic mass is 16.5. The van der Waals surface area contributed by atoms with Crippen LogP contribution in [0.15, 0.2) is 12.1 Å². The molecule has 2 heterocycles. The van der Waals surface area contributed by atoms with Crippen molar-refractivity contribution >= 4 is 17.3 Å². The quantitative estimate of drug-likeness (QED) is 0.717. The van der Waals surface area contributed by atoms with E-state index in [0.29, 0.717) is 50.5 Å². The summed E-state index contributed by atoms with van der Waals surface area (Å²) in [4.78, 5) is 17.3. The number of nitrogens with one attached hydrogen (secondary N) is 1. The van der Waals surface area contributed by atoms with Crippen LogP contribution in [0.4, 0.5) is 11.4 Å². The van der Waals surface area contributed by atoms with Crippen molar-refractivity contribution in [2.24, 2.45) is 0 Å². The predicted molar refractivity (Wildman–Crippen MR) is 115 cm³/mol. The minimum Gasteiger partial charge on any atom is -0.492 e. The van der Waals surface area contributed by atoms with Gasteiger partial charge in [-0.2, -0.15) is 0 Å². The monoisotopic (exact) mass is 405 g/mol. The molecule has 1 atom stereocenters. The number of benzene rings is 1. The molecule has 0 aromatic heterocycles. The summed E-state index contributed by atoms with van der Waals surface area (Å²) in [5.74, 6) is 1.43. The standard InChI is InChI=1S/C22H35N3O4/c1-4-28-20-15-19(24-10-12-27-13-11-24)21(29-5-2)14-18(20)23-22(26)16-25-9-7-6-8-17(25)3/h14-15,17H,4-13,16H2,1-3H3,(H,23,26)/t17-/m0/s1. The van der Waals surface area contributed by atoms with E-state index in [1.54, 1.807) is 0 Å². The van der Waals surface area contributed by atoms with Gasteiger partial charge >= 0.3 is 0 Å². The summed E-state index contributed by atoms with van der Waals surface area (Å²) in [7, 11) is 0. The second-order valence-electron chi connectivity index (χ2n) is 7.64. The number of carbonyl (C=O) groups is 1. The lowest BCUT2D eigenvalue weighted by atomic mass is 10.0. The van der Waals surface area contributed by atoms with Gasteiger partial charge in [-0.3, -0.25) is 9.69 Å². The van der Waals surface area contributed by atoms with Crippen LogP contribution in [0.2, 0.25) is 0 Å². The molecule has 0 radical (unpaired) electrons. The van der Waals surface area contributed by atoms with Crippen molar-refractivity contribution in [2.45, 2.75) is 46.1 Å². The first kappa shape index (κ1) is 21.7. The van der Waals surface area contributed by atoms with Gasteiger partial charge in [-0.1, -0.05) is 6.42 Å². The van der Waals surface area contributed by atoms with Gasteiger partial charge in [0.05, 0.1) is 44.3 Å². The Kier molecular flexibility index (Phi) is 8.00. The molecule has 1 aromatic rings. The average molecular weight is 406 g/mol. The van der Waals surface area contributed by atoms with Crippen LogP contribution in [0.1, 0.15) is 40.0 Å². The molecule has 0 aliphatic carbocycles.